The lowest BCUT2D eigenvalue weighted by Crippen LogP contribution is -2.43. The predicted molar refractivity (Wildman–Crippen MR) is 107 cm³/mol. The van der Waals surface area contributed by atoms with Crippen LogP contribution in [0, 0.1) is 0 Å². The standard InChI is InChI=1S/C21H18F3N5O3/c1-28-17(30)6-5-15(27-28)20(31)29-9-10-32-16(12-29)19-18(25-7-8-26-19)13-3-2-4-14(11-13)21(22,23)24/h2-8,11,16H,9-10,12H2,1H3. The fraction of sp³-hybridized carbons (Fsp3) is 0.286. The summed E-state index contributed by atoms with van der Waals surface area (Å²) in [6.45, 7) is 0.591. The SMILES string of the molecule is Cn1nc(C(=O)N2CCOC(c3nccnc3-c3cccc(C(F)(F)F)c3)C2)ccc1=O. The second-order valence-corrected chi connectivity index (χ2v) is 7.16. The van der Waals surface area contributed by atoms with E-state index < -0.39 is 23.8 Å². The molecule has 1 aliphatic rings. The molecule has 1 unspecified atom stereocenters. The third kappa shape index (κ3) is 4.37. The molecule has 11 heteroatoms. The van der Waals surface area contributed by atoms with Gasteiger partial charge in [0.1, 0.15) is 11.8 Å². The van der Waals surface area contributed by atoms with Crippen molar-refractivity contribution in [2.24, 2.45) is 7.05 Å². The zero-order valence-electron chi connectivity index (χ0n) is 16.9. The van der Waals surface area contributed by atoms with Crippen LogP contribution in [0.1, 0.15) is 27.8 Å². The maximum absolute atomic E-state index is 13.2. The Balaban J connectivity index is 1.63. The summed E-state index contributed by atoms with van der Waals surface area (Å²) in [4.78, 5) is 34.5. The number of ether oxygens (including phenoxy) is 1. The van der Waals surface area contributed by atoms with Crippen molar-refractivity contribution in [2.45, 2.75) is 12.3 Å². The molecule has 1 saturated heterocycles. The molecule has 2 aromatic heterocycles. The van der Waals surface area contributed by atoms with Crippen molar-refractivity contribution < 1.29 is 22.7 Å². The van der Waals surface area contributed by atoms with Crippen molar-refractivity contribution >= 4 is 5.91 Å². The Bertz CT molecular complexity index is 1210. The quantitative estimate of drug-likeness (QED) is 0.615. The lowest BCUT2D eigenvalue weighted by molar-refractivity contribution is -0.137. The van der Waals surface area contributed by atoms with Crippen LogP contribution in [0.15, 0.2) is 53.6 Å². The summed E-state index contributed by atoms with van der Waals surface area (Å²) in [6, 6.07) is 7.42. The molecule has 1 atom stereocenters. The minimum Gasteiger partial charge on any atom is -0.368 e. The number of hydrogen-bond acceptors (Lipinski definition) is 6. The molecule has 1 amide bonds. The van der Waals surface area contributed by atoms with E-state index in [4.69, 9.17) is 4.74 Å². The minimum absolute atomic E-state index is 0.102. The lowest BCUT2D eigenvalue weighted by atomic mass is 10.0. The van der Waals surface area contributed by atoms with Crippen LogP contribution in [0.5, 0.6) is 0 Å². The van der Waals surface area contributed by atoms with E-state index in [0.29, 0.717) is 12.2 Å². The number of hydrogen-bond donors (Lipinski definition) is 0. The number of carbonyl (C=O) groups excluding carboxylic acids is 1. The number of rotatable bonds is 3. The Morgan fingerprint density at radius 1 is 1.16 bits per heavy atom. The number of halogens is 3. The summed E-state index contributed by atoms with van der Waals surface area (Å²) < 4.78 is 46.3. The Hall–Kier alpha value is -3.60. The number of amides is 1. The highest BCUT2D eigenvalue weighted by Crippen LogP contribution is 2.34. The number of aromatic nitrogens is 4. The van der Waals surface area contributed by atoms with E-state index in [1.165, 1.54) is 48.6 Å². The van der Waals surface area contributed by atoms with E-state index in [-0.39, 0.29) is 35.7 Å². The van der Waals surface area contributed by atoms with Crippen LogP contribution in [0.4, 0.5) is 13.2 Å². The molecule has 0 spiro atoms. The lowest BCUT2D eigenvalue weighted by Gasteiger charge is -2.33. The van der Waals surface area contributed by atoms with Crippen molar-refractivity contribution in [1.82, 2.24) is 24.6 Å². The second-order valence-electron chi connectivity index (χ2n) is 7.16. The molecule has 3 heterocycles. The van der Waals surface area contributed by atoms with Gasteiger partial charge in [-0.3, -0.25) is 19.6 Å². The molecular weight excluding hydrogens is 427 g/mol. The molecule has 3 aromatic rings. The van der Waals surface area contributed by atoms with Crippen LogP contribution in [0.2, 0.25) is 0 Å². The zero-order valence-corrected chi connectivity index (χ0v) is 16.9. The first kappa shape index (κ1) is 21.6. The Labute approximate surface area is 180 Å². The van der Waals surface area contributed by atoms with Gasteiger partial charge in [-0.25, -0.2) is 4.68 Å². The van der Waals surface area contributed by atoms with Gasteiger partial charge < -0.3 is 9.64 Å². The third-order valence-electron chi connectivity index (χ3n) is 5.03. The average molecular weight is 445 g/mol. The maximum Gasteiger partial charge on any atom is 0.416 e. The van der Waals surface area contributed by atoms with Crippen LogP contribution in [0.3, 0.4) is 0 Å². The molecule has 0 saturated carbocycles. The number of aryl methyl sites for hydroxylation is 1. The fourth-order valence-corrected chi connectivity index (χ4v) is 3.43. The molecule has 0 N–H and O–H groups in total. The van der Waals surface area contributed by atoms with Crippen molar-refractivity contribution in [3.63, 3.8) is 0 Å². The van der Waals surface area contributed by atoms with E-state index in [1.807, 2.05) is 0 Å². The molecule has 0 aliphatic carbocycles. The smallest absolute Gasteiger partial charge is 0.368 e. The van der Waals surface area contributed by atoms with E-state index in [0.717, 1.165) is 16.8 Å². The van der Waals surface area contributed by atoms with Gasteiger partial charge in [0.05, 0.1) is 30.1 Å². The van der Waals surface area contributed by atoms with Crippen molar-refractivity contribution in [3.05, 3.63) is 76.1 Å². The van der Waals surface area contributed by atoms with Crippen LogP contribution in [-0.2, 0) is 18.0 Å². The van der Waals surface area contributed by atoms with Gasteiger partial charge in [0.15, 0.2) is 0 Å². The first-order valence-electron chi connectivity index (χ1n) is 9.68. The first-order valence-corrected chi connectivity index (χ1v) is 9.68. The monoisotopic (exact) mass is 445 g/mol. The molecule has 1 aromatic carbocycles. The molecule has 8 nitrogen and oxygen atoms in total. The molecule has 32 heavy (non-hydrogen) atoms. The normalized spacial score (nSPS) is 16.8. The molecule has 1 fully saturated rings. The van der Waals surface area contributed by atoms with Gasteiger partial charge in [0, 0.05) is 37.6 Å². The molecule has 0 bridgehead atoms. The van der Waals surface area contributed by atoms with E-state index >= 15 is 0 Å². The van der Waals surface area contributed by atoms with Gasteiger partial charge >= 0.3 is 6.18 Å². The highest BCUT2D eigenvalue weighted by Gasteiger charge is 2.32. The van der Waals surface area contributed by atoms with Crippen molar-refractivity contribution in [1.29, 1.82) is 0 Å². The van der Waals surface area contributed by atoms with Crippen LogP contribution >= 0.6 is 0 Å². The van der Waals surface area contributed by atoms with Gasteiger partial charge in [-0.1, -0.05) is 12.1 Å². The summed E-state index contributed by atoms with van der Waals surface area (Å²) in [5, 5.41) is 3.98. The number of morpholine rings is 1. The number of benzene rings is 1. The summed E-state index contributed by atoms with van der Waals surface area (Å²) in [6.07, 6.45) is -2.38. The maximum atomic E-state index is 13.2. The van der Waals surface area contributed by atoms with Crippen LogP contribution < -0.4 is 5.56 Å². The predicted octanol–water partition coefficient (Wildman–Crippen LogP) is 2.47. The summed E-state index contributed by atoms with van der Waals surface area (Å²) >= 11 is 0. The molecule has 1 aliphatic heterocycles. The summed E-state index contributed by atoms with van der Waals surface area (Å²) in [7, 11) is 1.45. The van der Waals surface area contributed by atoms with Gasteiger partial charge in [0.2, 0.25) is 0 Å². The zero-order chi connectivity index (χ0) is 22.9. The van der Waals surface area contributed by atoms with E-state index in [9.17, 15) is 22.8 Å². The van der Waals surface area contributed by atoms with Crippen LogP contribution in [-0.4, -0.2) is 50.3 Å². The first-order chi connectivity index (χ1) is 15.2. The highest BCUT2D eigenvalue weighted by molar-refractivity contribution is 5.92. The molecule has 4 rings (SSSR count). The number of carbonyl (C=O) groups is 1. The molecule has 166 valence electrons. The number of nitrogens with zero attached hydrogens (tertiary/aromatic N) is 5. The highest BCUT2D eigenvalue weighted by atomic mass is 19.4. The topological polar surface area (TPSA) is 90.2 Å². The summed E-state index contributed by atoms with van der Waals surface area (Å²) in [5.41, 5.74) is -0.212. The van der Waals surface area contributed by atoms with Gasteiger partial charge in [-0.05, 0) is 18.2 Å². The van der Waals surface area contributed by atoms with Gasteiger partial charge in [0.25, 0.3) is 11.5 Å². The molecular formula is C21H18F3N5O3. The van der Waals surface area contributed by atoms with Crippen molar-refractivity contribution in [3.8, 4) is 11.3 Å². The Kier molecular flexibility index (Phi) is 5.74. The Morgan fingerprint density at radius 3 is 2.69 bits per heavy atom. The van der Waals surface area contributed by atoms with Gasteiger partial charge in [-0.2, -0.15) is 18.3 Å². The average Bonchev–Trinajstić information content (AvgIpc) is 2.80. The number of alkyl halides is 3. The van der Waals surface area contributed by atoms with E-state index in [2.05, 4.69) is 15.1 Å². The fourth-order valence-electron chi connectivity index (χ4n) is 3.43. The third-order valence-corrected chi connectivity index (χ3v) is 5.03. The van der Waals surface area contributed by atoms with Gasteiger partial charge in [-0.15, -0.1) is 0 Å². The van der Waals surface area contributed by atoms with Crippen LogP contribution in [0.25, 0.3) is 11.3 Å². The van der Waals surface area contributed by atoms with Crippen molar-refractivity contribution in [2.75, 3.05) is 19.7 Å². The second kappa shape index (κ2) is 8.50. The minimum atomic E-state index is -4.49. The summed E-state index contributed by atoms with van der Waals surface area (Å²) in [5.74, 6) is -0.390. The Morgan fingerprint density at radius 2 is 1.94 bits per heavy atom. The van der Waals surface area contributed by atoms with E-state index in [1.54, 1.807) is 0 Å². The molecule has 0 radical (unpaired) electrons. The largest absolute Gasteiger partial charge is 0.416 e.